The predicted octanol–water partition coefficient (Wildman–Crippen LogP) is 3.38. The van der Waals surface area contributed by atoms with E-state index >= 15 is 0 Å². The van der Waals surface area contributed by atoms with Crippen LogP contribution in [-0.4, -0.2) is 27.9 Å². The molecule has 0 heterocycles. The number of rotatable bonds is 0. The Morgan fingerprint density at radius 3 is 1.94 bits per heavy atom. The summed E-state index contributed by atoms with van der Waals surface area (Å²) in [7, 11) is 0. The second-order valence-corrected chi connectivity index (χ2v) is 5.82. The fourth-order valence-electron chi connectivity index (χ4n) is 2.88. The second kappa shape index (κ2) is 3.46. The third-order valence-corrected chi connectivity index (χ3v) is 4.62. The van der Waals surface area contributed by atoms with Gasteiger partial charge in [0.2, 0.25) is 0 Å². The summed E-state index contributed by atoms with van der Waals surface area (Å²) in [5, 5.41) is 8.40. The Hall–Kier alpha value is -1.08. The standard InChI is InChI=1S/C16H9.Na/c1-3-11-7-9-13-5-2-6-14-10-8-12(4-1)15(11)16(13)14;/h1-5,7-10H;. The summed E-state index contributed by atoms with van der Waals surface area (Å²) < 4.78 is 1.50. The van der Waals surface area contributed by atoms with Crippen LogP contribution in [0.15, 0.2) is 54.6 Å². The van der Waals surface area contributed by atoms with Crippen LogP contribution in [-0.2, 0) is 0 Å². The maximum absolute atomic E-state index is 2.28. The molecule has 0 bridgehead atoms. The molecule has 0 amide bonds. The van der Waals surface area contributed by atoms with Crippen LogP contribution in [0.3, 0.4) is 0 Å². The normalized spacial score (nSPS) is 11.9. The van der Waals surface area contributed by atoms with Gasteiger partial charge in [0.25, 0.3) is 0 Å². The van der Waals surface area contributed by atoms with E-state index in [-0.39, 0.29) is 0 Å². The molecule has 0 spiro atoms. The molecule has 4 aromatic carbocycles. The van der Waals surface area contributed by atoms with E-state index in [1.807, 2.05) is 0 Å². The van der Waals surface area contributed by atoms with Gasteiger partial charge in [0.1, 0.15) is 0 Å². The molecule has 0 unspecified atom stereocenters. The molecule has 0 atom stereocenters. The molecule has 0 saturated carbocycles. The maximum atomic E-state index is 2.28. The first-order chi connectivity index (χ1) is 8.34. The minimum atomic E-state index is 1.11. The molecule has 0 aliphatic heterocycles. The van der Waals surface area contributed by atoms with E-state index in [4.69, 9.17) is 0 Å². The third kappa shape index (κ3) is 1.29. The van der Waals surface area contributed by atoms with Gasteiger partial charge in [-0.05, 0) is 0 Å². The molecule has 4 rings (SSSR count). The van der Waals surface area contributed by atoms with Crippen LogP contribution < -0.4 is 2.81 Å². The van der Waals surface area contributed by atoms with Gasteiger partial charge in [0.15, 0.2) is 0 Å². The molecule has 0 aromatic heterocycles. The molecule has 0 fully saturated rings. The first kappa shape index (κ1) is 9.90. The van der Waals surface area contributed by atoms with Crippen molar-refractivity contribution >= 4 is 63.1 Å². The summed E-state index contributed by atoms with van der Waals surface area (Å²) in [5.41, 5.74) is 0. The van der Waals surface area contributed by atoms with Crippen LogP contribution in [0.4, 0.5) is 0 Å². The van der Waals surface area contributed by atoms with Gasteiger partial charge in [-0.1, -0.05) is 0 Å². The summed E-state index contributed by atoms with van der Waals surface area (Å²) in [6.45, 7) is 0. The van der Waals surface area contributed by atoms with Crippen LogP contribution in [0.2, 0.25) is 0 Å². The molecular formula is C16H9Na. The van der Waals surface area contributed by atoms with Crippen molar-refractivity contribution in [3.8, 4) is 0 Å². The van der Waals surface area contributed by atoms with Gasteiger partial charge in [-0.3, -0.25) is 0 Å². The van der Waals surface area contributed by atoms with Gasteiger partial charge in [-0.2, -0.15) is 0 Å². The van der Waals surface area contributed by atoms with Gasteiger partial charge in [-0.15, -0.1) is 0 Å². The van der Waals surface area contributed by atoms with E-state index in [1.54, 1.807) is 0 Å². The Kier molecular flexibility index (Phi) is 2.01. The average molecular weight is 224 g/mol. The summed E-state index contributed by atoms with van der Waals surface area (Å²) in [4.78, 5) is 0. The van der Waals surface area contributed by atoms with E-state index in [1.165, 1.54) is 35.1 Å². The van der Waals surface area contributed by atoms with Crippen LogP contribution >= 0.6 is 0 Å². The summed E-state index contributed by atoms with van der Waals surface area (Å²) in [6.07, 6.45) is 0. The third-order valence-electron chi connectivity index (χ3n) is 3.75. The van der Waals surface area contributed by atoms with E-state index in [9.17, 15) is 0 Å². The van der Waals surface area contributed by atoms with E-state index in [0.717, 1.165) is 27.9 Å². The van der Waals surface area contributed by atoms with Gasteiger partial charge in [0, 0.05) is 0 Å². The topological polar surface area (TPSA) is 0 Å². The van der Waals surface area contributed by atoms with Crippen LogP contribution in [0.5, 0.6) is 0 Å². The molecular weight excluding hydrogens is 215 g/mol. The van der Waals surface area contributed by atoms with Crippen LogP contribution in [0, 0.1) is 0 Å². The van der Waals surface area contributed by atoms with Crippen molar-refractivity contribution in [1.29, 1.82) is 0 Å². The monoisotopic (exact) mass is 224 g/mol. The molecule has 4 aromatic rings. The quantitative estimate of drug-likeness (QED) is 0.317. The molecule has 74 valence electrons. The van der Waals surface area contributed by atoms with Gasteiger partial charge < -0.3 is 0 Å². The Bertz CT molecular complexity index is 830. The first-order valence-electron chi connectivity index (χ1n) is 5.98. The zero-order valence-electron chi connectivity index (χ0n) is 9.70. The molecule has 0 aliphatic carbocycles. The van der Waals surface area contributed by atoms with E-state index in [2.05, 4.69) is 54.6 Å². The molecule has 0 radical (unpaired) electrons. The second-order valence-electron chi connectivity index (χ2n) is 4.74. The van der Waals surface area contributed by atoms with Gasteiger partial charge in [-0.25, -0.2) is 0 Å². The zero-order valence-corrected chi connectivity index (χ0v) is 11.7. The van der Waals surface area contributed by atoms with Crippen LogP contribution in [0.1, 0.15) is 0 Å². The number of hydrogen-bond acceptors (Lipinski definition) is 0. The van der Waals surface area contributed by atoms with Crippen molar-refractivity contribution in [2.45, 2.75) is 0 Å². The molecule has 1 heteroatoms. The number of benzene rings is 4. The summed E-state index contributed by atoms with van der Waals surface area (Å²) >= 11 is 1.11. The summed E-state index contributed by atoms with van der Waals surface area (Å²) in [6, 6.07) is 20.1. The van der Waals surface area contributed by atoms with E-state index in [0.29, 0.717) is 0 Å². The first-order valence-corrected chi connectivity index (χ1v) is 6.98. The van der Waals surface area contributed by atoms with E-state index < -0.39 is 0 Å². The zero-order chi connectivity index (χ0) is 11.4. The van der Waals surface area contributed by atoms with Crippen molar-refractivity contribution < 1.29 is 0 Å². The minimum absolute atomic E-state index is 1.11. The molecule has 17 heavy (non-hydrogen) atoms. The molecule has 0 aliphatic rings. The molecule has 0 nitrogen and oxygen atoms in total. The molecule has 0 saturated heterocycles. The molecule has 0 N–H and O–H groups in total. The van der Waals surface area contributed by atoms with Crippen molar-refractivity contribution in [2.75, 3.05) is 0 Å². The fraction of sp³-hybridized carbons (Fsp3) is 0. The summed E-state index contributed by atoms with van der Waals surface area (Å²) in [5.74, 6) is 0. The Balaban J connectivity index is 2.48. The van der Waals surface area contributed by atoms with Crippen molar-refractivity contribution in [3.63, 3.8) is 0 Å². The van der Waals surface area contributed by atoms with Gasteiger partial charge in [0.05, 0.1) is 0 Å². The van der Waals surface area contributed by atoms with Crippen molar-refractivity contribution in [1.82, 2.24) is 0 Å². The SMILES string of the molecule is [Na][c]1ccc2ccc3cccc4ccc1c2c34. The van der Waals surface area contributed by atoms with Crippen molar-refractivity contribution in [2.24, 2.45) is 0 Å². The number of hydrogen-bond donors (Lipinski definition) is 0. The average Bonchev–Trinajstić information content (AvgIpc) is 2.38. The van der Waals surface area contributed by atoms with Crippen molar-refractivity contribution in [3.05, 3.63) is 54.6 Å². The van der Waals surface area contributed by atoms with Gasteiger partial charge >= 0.3 is 118 Å². The van der Waals surface area contributed by atoms with Crippen LogP contribution in [0.25, 0.3) is 32.3 Å². The Morgan fingerprint density at radius 2 is 1.18 bits per heavy atom. The Labute approximate surface area is 117 Å². The fourth-order valence-corrected chi connectivity index (χ4v) is 3.46. The Morgan fingerprint density at radius 1 is 0.588 bits per heavy atom. The predicted molar refractivity (Wildman–Crippen MR) is 75.5 cm³/mol.